The van der Waals surface area contributed by atoms with Crippen LogP contribution < -0.4 is 33.6 Å². The van der Waals surface area contributed by atoms with Crippen molar-refractivity contribution in [2.45, 2.75) is 53.6 Å². The van der Waals surface area contributed by atoms with Crippen LogP contribution in [0.15, 0.2) is 246 Å². The summed E-state index contributed by atoms with van der Waals surface area (Å²) < 4.78 is 89.0. The number of aromatic nitrogens is 9. The second-order valence-corrected chi connectivity index (χ2v) is 32.0. The highest BCUT2D eigenvalue weighted by Gasteiger charge is 2.17. The first-order valence-corrected chi connectivity index (χ1v) is 39.8. The minimum absolute atomic E-state index is 0.185. The maximum absolute atomic E-state index is 13.3. The Labute approximate surface area is 637 Å². The maximum Gasteiger partial charge on any atom is 0.337 e. The van der Waals surface area contributed by atoms with Gasteiger partial charge in [-0.05, 0) is 196 Å². The molecule has 25 nitrogen and oxygen atoms in total. The minimum Gasteiger partial charge on any atom is -0.465 e. The number of hydrogen-bond donors (Lipinski definition) is 6. The fraction of sp³-hybridized carbons (Fsp3) is 0.122. The van der Waals surface area contributed by atoms with Crippen LogP contribution in [0.1, 0.15) is 81.5 Å². The number of carbonyl (C=O) groups is 3. The summed E-state index contributed by atoms with van der Waals surface area (Å²) in [5.41, 5.74) is 33.5. The predicted octanol–water partition coefficient (Wildman–Crippen LogP) is 11.2. The lowest BCUT2D eigenvalue weighted by molar-refractivity contribution is 0.0600. The molecule has 0 saturated heterocycles. The molecule has 0 unspecified atom stereocenters. The summed E-state index contributed by atoms with van der Waals surface area (Å²) in [5, 5.41) is 13.3. The summed E-state index contributed by atoms with van der Waals surface area (Å²) in [6, 6.07) is 50.6. The molecule has 29 heteroatoms. The van der Waals surface area contributed by atoms with Gasteiger partial charge in [0.2, 0.25) is 0 Å². The van der Waals surface area contributed by atoms with Crippen LogP contribution in [0.2, 0.25) is 0 Å². The van der Waals surface area contributed by atoms with Crippen molar-refractivity contribution in [3.63, 3.8) is 0 Å². The average Bonchev–Trinajstić information content (AvgIpc) is 0.802. The Balaban J connectivity index is 0.000000144. The number of nitrogens with zero attached hydrogens (tertiary/aromatic N) is 9. The molecule has 0 aliphatic carbocycles. The molecule has 0 fully saturated rings. The van der Waals surface area contributed by atoms with E-state index in [1.54, 1.807) is 159 Å². The number of sulfone groups is 3. The summed E-state index contributed by atoms with van der Waals surface area (Å²) in [4.78, 5) is 76.3. The number of carbonyl (C=O) groups excluding carboxylic acids is 3. The van der Waals surface area contributed by atoms with Crippen molar-refractivity contribution in [3.8, 4) is 0 Å². The lowest BCUT2D eigenvalue weighted by atomic mass is 10.1. The fourth-order valence-corrected chi connectivity index (χ4v) is 14.0. The molecule has 15 aromatic rings. The van der Waals surface area contributed by atoms with E-state index in [1.165, 1.54) is 31.9 Å². The van der Waals surface area contributed by atoms with Gasteiger partial charge < -0.3 is 38.3 Å². The van der Waals surface area contributed by atoms with Crippen LogP contribution in [-0.2, 0) is 73.1 Å². The zero-order chi connectivity index (χ0) is 78.7. The Hall–Kier alpha value is -13.2. The lowest BCUT2D eigenvalue weighted by Gasteiger charge is -2.09. The van der Waals surface area contributed by atoms with Crippen LogP contribution in [0, 0.1) is 5.82 Å². The van der Waals surface area contributed by atoms with Gasteiger partial charge in [0.25, 0.3) is 11.8 Å². The fourth-order valence-electron chi connectivity index (χ4n) is 12.0. The van der Waals surface area contributed by atoms with Gasteiger partial charge >= 0.3 is 5.97 Å². The number of benzene rings is 6. The molecule has 0 aliphatic heterocycles. The van der Waals surface area contributed by atoms with E-state index in [1.807, 2.05) is 66.7 Å². The van der Waals surface area contributed by atoms with Crippen molar-refractivity contribution in [1.82, 2.24) is 55.5 Å². The van der Waals surface area contributed by atoms with E-state index in [9.17, 15) is 44.0 Å². The summed E-state index contributed by atoms with van der Waals surface area (Å²) in [7, 11) is -8.57. The van der Waals surface area contributed by atoms with Gasteiger partial charge in [0, 0.05) is 180 Å². The molecule has 0 radical (unpaired) electrons. The number of fused-ring (bicyclic) bond motifs is 6. The Kier molecular flexibility index (Phi) is 23.4. The first-order valence-electron chi connectivity index (χ1n) is 34.2. The van der Waals surface area contributed by atoms with E-state index >= 15 is 0 Å². The number of pyridine rings is 9. The molecule has 0 aliphatic rings. The van der Waals surface area contributed by atoms with Crippen molar-refractivity contribution in [3.05, 3.63) is 305 Å². The number of nitrogen functional groups attached to an aromatic ring is 3. The number of esters is 1. The van der Waals surface area contributed by atoms with E-state index in [2.05, 4.69) is 55.5 Å². The van der Waals surface area contributed by atoms with E-state index < -0.39 is 35.5 Å². The first-order chi connectivity index (χ1) is 53.1. The molecular formula is C82H72FN15O10S3. The van der Waals surface area contributed by atoms with Crippen LogP contribution in [0.5, 0.6) is 0 Å². The van der Waals surface area contributed by atoms with Crippen LogP contribution >= 0.6 is 0 Å². The molecule has 10 N–H and O–H groups in total. The number of ether oxygens (including phenoxy) is 1. The maximum atomic E-state index is 13.3. The Morgan fingerprint density at radius 3 is 1.09 bits per heavy atom. The average molecular weight is 1540 g/mol. The monoisotopic (exact) mass is 1540 g/mol. The largest absolute Gasteiger partial charge is 0.465 e. The molecule has 15 rings (SSSR count). The molecule has 111 heavy (non-hydrogen) atoms. The first kappa shape index (κ1) is 77.4. The van der Waals surface area contributed by atoms with Crippen LogP contribution in [0.4, 0.5) is 21.8 Å². The third-order valence-electron chi connectivity index (χ3n) is 17.8. The van der Waals surface area contributed by atoms with Gasteiger partial charge in [-0.25, -0.2) is 49.4 Å². The lowest BCUT2D eigenvalue weighted by Crippen LogP contribution is -2.23. The van der Waals surface area contributed by atoms with Gasteiger partial charge in [-0.1, -0.05) is 24.3 Å². The van der Waals surface area contributed by atoms with Crippen molar-refractivity contribution in [1.29, 1.82) is 0 Å². The normalized spacial score (nSPS) is 11.4. The molecule has 0 atom stereocenters. The van der Waals surface area contributed by atoms with Crippen molar-refractivity contribution in [2.75, 3.05) is 43.1 Å². The molecule has 0 spiro atoms. The Morgan fingerprint density at radius 1 is 0.378 bits per heavy atom. The molecule has 560 valence electrons. The molecule has 6 aromatic carbocycles. The number of nitrogens with one attached hydrogen (secondary N) is 2. The third-order valence-corrected chi connectivity index (χ3v) is 21.1. The molecule has 9 heterocycles. The second-order valence-electron chi connectivity index (χ2n) is 26.0. The van der Waals surface area contributed by atoms with Gasteiger partial charge in [0.05, 0.1) is 43.9 Å². The van der Waals surface area contributed by atoms with E-state index in [0.29, 0.717) is 111 Å². The molecule has 0 bridgehead atoms. The van der Waals surface area contributed by atoms with Crippen LogP contribution in [0.3, 0.4) is 0 Å². The zero-order valence-corrected chi connectivity index (χ0v) is 62.7. The zero-order valence-electron chi connectivity index (χ0n) is 60.2. The molecular weight excluding hydrogens is 1470 g/mol. The number of anilines is 3. The van der Waals surface area contributed by atoms with Crippen molar-refractivity contribution < 1.29 is 48.8 Å². The Bertz CT molecular complexity index is 6240. The van der Waals surface area contributed by atoms with Crippen LogP contribution in [-0.4, -0.2) is 114 Å². The van der Waals surface area contributed by atoms with Crippen molar-refractivity contribution in [2.24, 2.45) is 5.73 Å². The third kappa shape index (κ3) is 19.6. The number of hydrogen-bond acceptors (Lipinski definition) is 23. The number of rotatable bonds is 17. The highest BCUT2D eigenvalue weighted by atomic mass is 32.2. The summed E-state index contributed by atoms with van der Waals surface area (Å²) in [6.45, 7) is 0.918. The second kappa shape index (κ2) is 33.5. The van der Waals surface area contributed by atoms with Gasteiger partial charge in [-0.2, -0.15) is 0 Å². The standard InChI is InChI=1S/2C27H23N5O3S.C18H16N2O4S.C10H10FN3/c2*1-36(34,35)23-3-5-25-21(14-23)11-18(16-31-25)12-22-13-20(7-8-29-22)27(33)32-15-17-2-4-24-19(10-17)6-9-30-26(24)28;1-24-18(21)13-5-6-19-15(9-13)8-12-7-14-10-16(25(2,22)23)3-4-17(14)20-11-12;11-9-4-8-6(3-7(9)5-12)1-2-14-10(8)13/h2*2-11,13-14,16H,12,15H2,1H3,(H2,28,30)(H,32,33);3-7,9-11H,8H2,1-2H3;1-4H,5,12H2,(H2,13,14). The number of nitrogens with two attached hydrogens (primary N) is 4. The van der Waals surface area contributed by atoms with E-state index in [4.69, 9.17) is 27.7 Å². The SMILES string of the molecule is COC(=O)c1ccnc(Cc2cnc3ccc(S(C)(=O)=O)cc3c2)c1.CS(=O)(=O)c1ccc2ncc(Cc3cc(C(=O)NCc4ccc5c(N)nccc5c4)ccn3)cc2c1.CS(=O)(=O)c1ccc2ncc(Cc3cc(C(=O)NCc4ccc5c(N)nccc5c4)ccn3)cc2c1.NCc1cc2ccnc(N)c2cc1F. The summed E-state index contributed by atoms with van der Waals surface area (Å²) in [5.74, 6) is 0.127. The summed E-state index contributed by atoms with van der Waals surface area (Å²) in [6.07, 6.45) is 19.8. The van der Waals surface area contributed by atoms with E-state index in [0.717, 1.165) is 70.9 Å². The number of amides is 2. The number of halogens is 1. The topological polar surface area (TPSA) is 407 Å². The number of methoxy groups -OCH3 is 1. The highest BCUT2D eigenvalue weighted by Crippen LogP contribution is 2.28. The van der Waals surface area contributed by atoms with Gasteiger partial charge in [-0.15, -0.1) is 0 Å². The minimum atomic E-state index is -3.31. The smallest absolute Gasteiger partial charge is 0.337 e. The Morgan fingerprint density at radius 2 is 0.721 bits per heavy atom. The highest BCUT2D eigenvalue weighted by molar-refractivity contribution is 7.91. The van der Waals surface area contributed by atoms with E-state index in [-0.39, 0.29) is 38.9 Å². The molecule has 0 saturated carbocycles. The predicted molar refractivity (Wildman–Crippen MR) is 426 cm³/mol. The molecule has 2 amide bonds. The van der Waals surface area contributed by atoms with Gasteiger partial charge in [-0.3, -0.25) is 39.5 Å². The summed E-state index contributed by atoms with van der Waals surface area (Å²) >= 11 is 0. The van der Waals surface area contributed by atoms with Gasteiger partial charge in [0.15, 0.2) is 29.5 Å². The van der Waals surface area contributed by atoms with Crippen LogP contribution in [0.25, 0.3) is 65.0 Å². The van der Waals surface area contributed by atoms with Gasteiger partial charge in [0.1, 0.15) is 23.3 Å². The quantitative estimate of drug-likeness (QED) is 0.0461. The van der Waals surface area contributed by atoms with Crippen molar-refractivity contribution >= 4 is 130 Å². The molecule has 9 aromatic heterocycles.